The zero-order valence-electron chi connectivity index (χ0n) is 40.8. The number of hydrogen-bond acceptors (Lipinski definition) is 9. The summed E-state index contributed by atoms with van der Waals surface area (Å²) < 4.78 is 3.11. The zero-order chi connectivity index (χ0) is 48.7. The summed E-state index contributed by atoms with van der Waals surface area (Å²) in [6.07, 6.45) is 13.2. The normalized spacial score (nSPS) is 12.6. The number of nitrogens with zero attached hydrogens (tertiary/aromatic N) is 6. The van der Waals surface area contributed by atoms with Crippen LogP contribution in [0.5, 0.6) is 0 Å². The van der Waals surface area contributed by atoms with Gasteiger partial charge in [0.15, 0.2) is 5.13 Å². The number of nitrogens with one attached hydrogen (secondary N) is 3. The molecule has 0 radical (unpaired) electrons. The minimum absolute atomic E-state index is 0.103. The van der Waals surface area contributed by atoms with Crippen LogP contribution >= 0.6 is 11.3 Å². The lowest BCUT2D eigenvalue weighted by atomic mass is 9.92. The van der Waals surface area contributed by atoms with E-state index in [0.29, 0.717) is 6.42 Å². The predicted octanol–water partition coefficient (Wildman–Crippen LogP) is 14.1. The number of para-hydroxylation sites is 1. The number of hydrogen-bond donors (Lipinski definition) is 3. The molecule has 4 aromatic carbocycles. The number of pyridine rings is 2. The number of allylic oxidation sites excluding steroid dienone is 2. The molecule has 9 rings (SSSR count). The Hall–Kier alpha value is -7.56. The summed E-state index contributed by atoms with van der Waals surface area (Å²) in [5.74, 6) is 1.06. The average Bonchev–Trinajstić information content (AvgIpc) is 3.94. The minimum atomic E-state index is 0.103. The monoisotopic (exact) mass is 941 g/mol. The SMILES string of the molecule is C=CNC(=C)C(CCC)c1nn(C)c2cc(NC(=C)Cc3ccc(CCCCc4cccc(-c5ccc(N6CCc7cccc(C(=C)Nc8nc9ccccc9s8)c7C6)nc5C=C)c4C)nc3)ccc12. The Balaban J connectivity index is 0.782. The van der Waals surface area contributed by atoms with E-state index in [1.807, 2.05) is 42.2 Å². The molecule has 5 heterocycles. The molecule has 3 N–H and O–H groups in total. The van der Waals surface area contributed by atoms with Crippen molar-refractivity contribution in [2.75, 3.05) is 22.1 Å². The Bertz CT molecular complexity index is 3210. The van der Waals surface area contributed by atoms with Crippen LogP contribution in [0.3, 0.4) is 0 Å². The number of aryl methyl sites for hydroxylation is 3. The van der Waals surface area contributed by atoms with Gasteiger partial charge in [-0.1, -0.05) is 112 Å². The highest BCUT2D eigenvalue weighted by molar-refractivity contribution is 7.22. The van der Waals surface area contributed by atoms with E-state index in [1.165, 1.54) is 27.8 Å². The molecule has 0 saturated heterocycles. The van der Waals surface area contributed by atoms with Gasteiger partial charge in [-0.3, -0.25) is 9.67 Å². The number of fused-ring (bicyclic) bond motifs is 3. The highest BCUT2D eigenvalue weighted by atomic mass is 32.1. The molecule has 4 aromatic heterocycles. The molecule has 70 heavy (non-hydrogen) atoms. The molecule has 9 nitrogen and oxygen atoms in total. The first-order chi connectivity index (χ1) is 34.1. The number of thiazole rings is 1. The molecule has 1 aliphatic heterocycles. The van der Waals surface area contributed by atoms with Crippen LogP contribution in [0, 0.1) is 6.92 Å². The predicted molar refractivity (Wildman–Crippen MR) is 296 cm³/mol. The van der Waals surface area contributed by atoms with Gasteiger partial charge in [-0.2, -0.15) is 5.10 Å². The van der Waals surface area contributed by atoms with Crippen LogP contribution in [0.15, 0.2) is 160 Å². The van der Waals surface area contributed by atoms with Crippen LogP contribution in [-0.2, 0) is 39.3 Å². The molecule has 0 fully saturated rings. The first kappa shape index (κ1) is 47.5. The summed E-state index contributed by atoms with van der Waals surface area (Å²) in [6, 6.07) is 36.5. The molecule has 0 amide bonds. The number of unbranched alkanes of at least 4 members (excludes halogenated alkanes) is 1. The van der Waals surface area contributed by atoms with Gasteiger partial charge in [0.05, 0.1) is 27.1 Å². The molecule has 0 saturated carbocycles. The molecule has 1 aliphatic rings. The quantitative estimate of drug-likeness (QED) is 0.0613. The van der Waals surface area contributed by atoms with E-state index in [9.17, 15) is 0 Å². The van der Waals surface area contributed by atoms with E-state index in [2.05, 4.69) is 153 Å². The van der Waals surface area contributed by atoms with Crippen molar-refractivity contribution in [1.29, 1.82) is 0 Å². The second-order valence-electron chi connectivity index (χ2n) is 18.3. The molecule has 1 unspecified atom stereocenters. The molecule has 1 atom stereocenters. The molecule has 8 aromatic rings. The van der Waals surface area contributed by atoms with Crippen molar-refractivity contribution in [1.82, 2.24) is 30.0 Å². The third kappa shape index (κ3) is 10.4. The molecular formula is C60H63N9S. The first-order valence-electron chi connectivity index (χ1n) is 24.4. The Kier molecular flexibility index (Phi) is 14.5. The van der Waals surface area contributed by atoms with Gasteiger partial charge in [0.1, 0.15) is 5.82 Å². The highest BCUT2D eigenvalue weighted by Gasteiger charge is 2.24. The molecule has 354 valence electrons. The zero-order valence-corrected chi connectivity index (χ0v) is 41.6. The van der Waals surface area contributed by atoms with Crippen LogP contribution < -0.4 is 20.9 Å². The van der Waals surface area contributed by atoms with Crippen molar-refractivity contribution in [3.63, 3.8) is 0 Å². The van der Waals surface area contributed by atoms with Gasteiger partial charge < -0.3 is 20.9 Å². The number of rotatable bonds is 21. The van der Waals surface area contributed by atoms with Crippen LogP contribution in [0.4, 0.5) is 16.6 Å². The van der Waals surface area contributed by atoms with E-state index in [0.717, 1.165) is 147 Å². The number of anilines is 3. The minimum Gasteiger partial charge on any atom is -0.366 e. The van der Waals surface area contributed by atoms with Crippen molar-refractivity contribution in [2.45, 2.75) is 77.7 Å². The fraction of sp³-hybridized carbons (Fsp3) is 0.233. The first-order valence-corrected chi connectivity index (χ1v) is 25.2. The van der Waals surface area contributed by atoms with Gasteiger partial charge >= 0.3 is 0 Å². The fourth-order valence-corrected chi connectivity index (χ4v) is 10.8. The van der Waals surface area contributed by atoms with E-state index in [4.69, 9.17) is 20.1 Å². The summed E-state index contributed by atoms with van der Waals surface area (Å²) >= 11 is 1.64. The topological polar surface area (TPSA) is 95.8 Å². The van der Waals surface area contributed by atoms with Crippen molar-refractivity contribution in [2.24, 2.45) is 7.05 Å². The Labute approximate surface area is 417 Å². The maximum Gasteiger partial charge on any atom is 0.188 e. The summed E-state index contributed by atoms with van der Waals surface area (Å²) in [7, 11) is 1.99. The number of aromatic nitrogens is 5. The fourth-order valence-electron chi connectivity index (χ4n) is 9.89. The Morgan fingerprint density at radius 1 is 0.871 bits per heavy atom. The summed E-state index contributed by atoms with van der Waals surface area (Å²) in [6.45, 7) is 27.2. The standard InChI is InChI=1S/C60H63N9S/c1-9-18-50(41(6)61-11-3)59-52-30-29-47(36-56(52)68(8)67-59)63-39(4)35-43-27-28-46(62-37-43)22-13-12-19-44-20-16-23-48(40(44)5)51-31-32-58(65-54(51)10-2)69-34-33-45-21-17-24-49(53(45)38-69)42(7)64-60-66-55-25-14-15-26-57(55)70-60/h10-11,14-17,20-21,23-32,36-37,50,61,63H,2-4,6-7,9,12-13,18-19,22,33-35,38H2,1,5,8H3,(H,64,66). The highest BCUT2D eigenvalue weighted by Crippen LogP contribution is 2.36. The molecule has 0 bridgehead atoms. The van der Waals surface area contributed by atoms with Gasteiger partial charge in [-0.25, -0.2) is 9.97 Å². The van der Waals surface area contributed by atoms with Crippen molar-refractivity contribution >= 4 is 60.9 Å². The lowest BCUT2D eigenvalue weighted by Crippen LogP contribution is -2.32. The molecule has 0 aliphatic carbocycles. The lowest BCUT2D eigenvalue weighted by molar-refractivity contribution is 0.630. The molecule has 0 spiro atoms. The van der Waals surface area contributed by atoms with E-state index in [-0.39, 0.29) is 5.92 Å². The molecule has 10 heteroatoms. The third-order valence-corrected chi connectivity index (χ3v) is 14.5. The number of benzene rings is 4. The molecular weight excluding hydrogens is 879 g/mol. The van der Waals surface area contributed by atoms with E-state index in [1.54, 1.807) is 17.5 Å². The van der Waals surface area contributed by atoms with Crippen LogP contribution in [0.2, 0.25) is 0 Å². The third-order valence-electron chi connectivity index (χ3n) is 13.6. The summed E-state index contributed by atoms with van der Waals surface area (Å²) in [5.41, 5.74) is 18.6. The second kappa shape index (κ2) is 21.4. The van der Waals surface area contributed by atoms with E-state index < -0.39 is 0 Å². The van der Waals surface area contributed by atoms with Crippen molar-refractivity contribution in [3.8, 4) is 11.1 Å². The summed E-state index contributed by atoms with van der Waals surface area (Å²) in [4.78, 5) is 17.2. The second-order valence-corrected chi connectivity index (χ2v) is 19.4. The Morgan fingerprint density at radius 3 is 2.51 bits per heavy atom. The van der Waals surface area contributed by atoms with Crippen LogP contribution in [0.25, 0.3) is 44.0 Å². The average molecular weight is 942 g/mol. The van der Waals surface area contributed by atoms with Crippen molar-refractivity contribution in [3.05, 3.63) is 210 Å². The summed E-state index contributed by atoms with van der Waals surface area (Å²) in [5, 5.41) is 17.1. The Morgan fingerprint density at radius 2 is 1.71 bits per heavy atom. The van der Waals surface area contributed by atoms with Crippen LogP contribution in [0.1, 0.15) is 89.0 Å². The maximum absolute atomic E-state index is 5.22. The van der Waals surface area contributed by atoms with Gasteiger partial charge in [-0.05, 0) is 140 Å². The van der Waals surface area contributed by atoms with Gasteiger partial charge in [0.2, 0.25) is 0 Å². The van der Waals surface area contributed by atoms with Crippen LogP contribution in [-0.4, -0.2) is 31.3 Å². The van der Waals surface area contributed by atoms with Gasteiger partial charge in [0.25, 0.3) is 0 Å². The maximum atomic E-state index is 5.22. The van der Waals surface area contributed by atoms with Gasteiger partial charge in [-0.15, -0.1) is 0 Å². The van der Waals surface area contributed by atoms with E-state index >= 15 is 0 Å². The van der Waals surface area contributed by atoms with Crippen molar-refractivity contribution < 1.29 is 0 Å². The lowest BCUT2D eigenvalue weighted by Gasteiger charge is -2.32. The largest absolute Gasteiger partial charge is 0.366 e. The van der Waals surface area contributed by atoms with Gasteiger partial charge in [0, 0.05) is 83.7 Å². The smallest absolute Gasteiger partial charge is 0.188 e.